The predicted molar refractivity (Wildman–Crippen MR) is 142 cm³/mol. The van der Waals surface area contributed by atoms with Crippen molar-refractivity contribution >= 4 is 27.5 Å². The molecule has 0 radical (unpaired) electrons. The number of nitrogens with zero attached hydrogens (tertiary/aromatic N) is 2. The number of aryl methyl sites for hydroxylation is 1. The maximum Gasteiger partial charge on any atom is 0.242 e. The van der Waals surface area contributed by atoms with Gasteiger partial charge < -0.3 is 10.2 Å². The Morgan fingerprint density at radius 2 is 1.63 bits per heavy atom. The molecule has 0 fully saturated rings. The Hall–Kier alpha value is -2.87. The van der Waals surface area contributed by atoms with Crippen LogP contribution in [0.15, 0.2) is 54.6 Å². The van der Waals surface area contributed by atoms with E-state index in [1.54, 1.807) is 29.2 Å². The fraction of sp³-hybridized carbons (Fsp3) is 0.481. The van der Waals surface area contributed by atoms with E-state index in [1.807, 2.05) is 58.0 Å². The summed E-state index contributed by atoms with van der Waals surface area (Å²) in [7, 11) is -3.50. The molecule has 1 atom stereocenters. The van der Waals surface area contributed by atoms with Crippen LogP contribution in [0.25, 0.3) is 0 Å². The van der Waals surface area contributed by atoms with Gasteiger partial charge in [0, 0.05) is 26.1 Å². The highest BCUT2D eigenvalue weighted by Gasteiger charge is 2.29. The smallest absolute Gasteiger partial charge is 0.242 e. The number of hydrogen-bond acceptors (Lipinski definition) is 4. The second-order valence-corrected chi connectivity index (χ2v) is 11.2. The highest BCUT2D eigenvalue weighted by Crippen LogP contribution is 2.20. The first-order valence-electron chi connectivity index (χ1n) is 12.2. The molecular weight excluding hydrogens is 462 g/mol. The van der Waals surface area contributed by atoms with Gasteiger partial charge in [0.05, 0.1) is 11.9 Å². The van der Waals surface area contributed by atoms with Crippen molar-refractivity contribution in [3.8, 4) is 0 Å². The molecule has 35 heavy (non-hydrogen) atoms. The molecule has 0 unspecified atom stereocenters. The van der Waals surface area contributed by atoms with Crippen LogP contribution in [0.5, 0.6) is 0 Å². The molecule has 2 rings (SSSR count). The maximum atomic E-state index is 13.4. The average molecular weight is 502 g/mol. The van der Waals surface area contributed by atoms with E-state index in [1.165, 1.54) is 10.6 Å². The molecule has 0 saturated heterocycles. The number of anilines is 1. The van der Waals surface area contributed by atoms with E-state index >= 15 is 0 Å². The molecule has 0 bridgehead atoms. The van der Waals surface area contributed by atoms with Crippen LogP contribution < -0.4 is 9.62 Å². The molecule has 2 aromatic rings. The van der Waals surface area contributed by atoms with Crippen molar-refractivity contribution in [3.05, 3.63) is 65.7 Å². The van der Waals surface area contributed by atoms with Crippen molar-refractivity contribution < 1.29 is 18.0 Å². The Kier molecular flexibility index (Phi) is 10.8. The van der Waals surface area contributed by atoms with Gasteiger partial charge in [0.1, 0.15) is 6.04 Å². The SMILES string of the molecule is CC[C@@H](C(=O)NCC(C)C)N(Cc1ccccc1C)C(=O)CCCN(c1ccccc1)S(C)(=O)=O. The van der Waals surface area contributed by atoms with Gasteiger partial charge in [-0.1, -0.05) is 63.2 Å². The summed E-state index contributed by atoms with van der Waals surface area (Å²) in [6.07, 6.45) is 2.13. The summed E-state index contributed by atoms with van der Waals surface area (Å²) >= 11 is 0. The first kappa shape index (κ1) is 28.4. The van der Waals surface area contributed by atoms with Crippen LogP contribution in [0, 0.1) is 12.8 Å². The van der Waals surface area contributed by atoms with E-state index in [4.69, 9.17) is 0 Å². The molecule has 0 aromatic heterocycles. The Bertz CT molecular complexity index is 1070. The van der Waals surface area contributed by atoms with Crippen molar-refractivity contribution in [2.24, 2.45) is 5.92 Å². The molecule has 0 aliphatic carbocycles. The highest BCUT2D eigenvalue weighted by atomic mass is 32.2. The summed E-state index contributed by atoms with van der Waals surface area (Å²) in [5.41, 5.74) is 2.60. The average Bonchev–Trinajstić information content (AvgIpc) is 2.81. The number of carbonyl (C=O) groups is 2. The lowest BCUT2D eigenvalue weighted by Gasteiger charge is -2.31. The third-order valence-corrected chi connectivity index (χ3v) is 7.06. The van der Waals surface area contributed by atoms with Crippen LogP contribution in [-0.2, 0) is 26.2 Å². The molecule has 192 valence electrons. The molecular formula is C27H39N3O4S. The fourth-order valence-corrected chi connectivity index (χ4v) is 4.88. The summed E-state index contributed by atoms with van der Waals surface area (Å²) in [6, 6.07) is 16.1. The van der Waals surface area contributed by atoms with Crippen molar-refractivity contribution in [2.45, 2.75) is 59.5 Å². The lowest BCUT2D eigenvalue weighted by atomic mass is 10.0. The Labute approximate surface area is 210 Å². The minimum Gasteiger partial charge on any atom is -0.354 e. The molecule has 7 nitrogen and oxygen atoms in total. The maximum absolute atomic E-state index is 13.4. The van der Waals surface area contributed by atoms with Gasteiger partial charge in [-0.15, -0.1) is 0 Å². The first-order valence-corrected chi connectivity index (χ1v) is 14.0. The Balaban J connectivity index is 2.20. The number of sulfonamides is 1. The minimum absolute atomic E-state index is 0.138. The van der Waals surface area contributed by atoms with E-state index in [0.29, 0.717) is 37.5 Å². The van der Waals surface area contributed by atoms with Crippen LogP contribution in [-0.4, -0.2) is 50.5 Å². The van der Waals surface area contributed by atoms with Crippen LogP contribution in [0.1, 0.15) is 51.2 Å². The number of amides is 2. The molecule has 0 heterocycles. The van der Waals surface area contributed by atoms with Gasteiger partial charge in [-0.05, 0) is 48.9 Å². The standard InChI is InChI=1S/C27H39N3O4S/c1-6-25(27(32)28-19-21(2)3)29(20-23-14-11-10-13-22(23)4)26(31)17-12-18-30(35(5,33)34)24-15-8-7-9-16-24/h7-11,13-16,21,25H,6,12,17-20H2,1-5H3,(H,28,32)/t25-/m0/s1. The van der Waals surface area contributed by atoms with Crippen LogP contribution >= 0.6 is 0 Å². The third kappa shape index (κ3) is 8.69. The zero-order valence-electron chi connectivity index (χ0n) is 21.5. The van der Waals surface area contributed by atoms with Gasteiger partial charge in [0.25, 0.3) is 0 Å². The van der Waals surface area contributed by atoms with Crippen molar-refractivity contribution in [1.29, 1.82) is 0 Å². The summed E-state index contributed by atoms with van der Waals surface area (Å²) in [5.74, 6) is -0.0246. The summed E-state index contributed by atoms with van der Waals surface area (Å²) in [5, 5.41) is 2.96. The van der Waals surface area contributed by atoms with Crippen molar-refractivity contribution in [3.63, 3.8) is 0 Å². The lowest BCUT2D eigenvalue weighted by Crippen LogP contribution is -2.49. The molecule has 0 saturated carbocycles. The van der Waals surface area contributed by atoms with E-state index in [0.717, 1.165) is 11.1 Å². The van der Waals surface area contributed by atoms with Crippen LogP contribution in [0.3, 0.4) is 0 Å². The second kappa shape index (κ2) is 13.3. The number of carbonyl (C=O) groups excluding carboxylic acids is 2. The van der Waals surface area contributed by atoms with Crippen molar-refractivity contribution in [1.82, 2.24) is 10.2 Å². The summed E-state index contributed by atoms with van der Waals surface area (Å²) in [4.78, 5) is 28.1. The minimum atomic E-state index is -3.50. The Morgan fingerprint density at radius 3 is 2.20 bits per heavy atom. The highest BCUT2D eigenvalue weighted by molar-refractivity contribution is 7.92. The fourth-order valence-electron chi connectivity index (χ4n) is 3.91. The monoisotopic (exact) mass is 501 g/mol. The van der Waals surface area contributed by atoms with Gasteiger partial charge in [0.15, 0.2) is 0 Å². The van der Waals surface area contributed by atoms with Crippen molar-refractivity contribution in [2.75, 3.05) is 23.7 Å². The number of benzene rings is 2. The molecule has 8 heteroatoms. The van der Waals surface area contributed by atoms with E-state index in [-0.39, 0.29) is 24.8 Å². The summed E-state index contributed by atoms with van der Waals surface area (Å²) in [6.45, 7) is 8.99. The molecule has 0 spiro atoms. The Morgan fingerprint density at radius 1 is 1.00 bits per heavy atom. The molecule has 2 amide bonds. The molecule has 1 N–H and O–H groups in total. The predicted octanol–water partition coefficient (Wildman–Crippen LogP) is 4.12. The quantitative estimate of drug-likeness (QED) is 0.447. The van der Waals surface area contributed by atoms with Gasteiger partial charge in [0.2, 0.25) is 21.8 Å². The molecule has 2 aromatic carbocycles. The topological polar surface area (TPSA) is 86.8 Å². The van der Waals surface area contributed by atoms with E-state index in [2.05, 4.69) is 5.32 Å². The van der Waals surface area contributed by atoms with E-state index < -0.39 is 16.1 Å². The number of hydrogen-bond donors (Lipinski definition) is 1. The summed E-state index contributed by atoms with van der Waals surface area (Å²) < 4.78 is 26.1. The first-order chi connectivity index (χ1) is 16.5. The van der Waals surface area contributed by atoms with E-state index in [9.17, 15) is 18.0 Å². The van der Waals surface area contributed by atoms with Crippen LogP contribution in [0.2, 0.25) is 0 Å². The van der Waals surface area contributed by atoms with Crippen LogP contribution in [0.4, 0.5) is 5.69 Å². The largest absolute Gasteiger partial charge is 0.354 e. The zero-order valence-corrected chi connectivity index (χ0v) is 22.3. The van der Waals surface area contributed by atoms with Gasteiger partial charge in [-0.2, -0.15) is 0 Å². The van der Waals surface area contributed by atoms with Gasteiger partial charge >= 0.3 is 0 Å². The second-order valence-electron chi connectivity index (χ2n) is 9.29. The lowest BCUT2D eigenvalue weighted by molar-refractivity contribution is -0.141. The number of para-hydroxylation sites is 1. The number of nitrogens with one attached hydrogen (secondary N) is 1. The number of rotatable bonds is 13. The third-order valence-electron chi connectivity index (χ3n) is 5.87. The zero-order chi connectivity index (χ0) is 26.0. The molecule has 0 aliphatic heterocycles. The van der Waals surface area contributed by atoms with Gasteiger partial charge in [-0.25, -0.2) is 8.42 Å². The normalized spacial score (nSPS) is 12.3. The molecule has 0 aliphatic rings. The van der Waals surface area contributed by atoms with Gasteiger partial charge in [-0.3, -0.25) is 13.9 Å².